The second-order valence-corrected chi connectivity index (χ2v) is 7.09. The normalized spacial score (nSPS) is 18.0. The smallest absolute Gasteiger partial charge is 0.255 e. The number of aromatic amines is 1. The Morgan fingerprint density at radius 1 is 1.12 bits per heavy atom. The van der Waals surface area contributed by atoms with E-state index in [1.165, 1.54) is 44.0 Å². The summed E-state index contributed by atoms with van der Waals surface area (Å²) in [4.78, 5) is 33.3. The summed E-state index contributed by atoms with van der Waals surface area (Å²) in [5.41, 5.74) is 3.32. The number of carbonyl (C=O) groups is 1. The average Bonchev–Trinajstić information content (AvgIpc) is 2.68. The van der Waals surface area contributed by atoms with Crippen molar-refractivity contribution in [3.63, 3.8) is 0 Å². The van der Waals surface area contributed by atoms with Crippen molar-refractivity contribution in [2.24, 2.45) is 0 Å². The molecule has 0 atom stereocenters. The molecule has 4 rings (SSSR count). The summed E-state index contributed by atoms with van der Waals surface area (Å²) in [5.74, 6) is 0.633. The summed E-state index contributed by atoms with van der Waals surface area (Å²) in [5, 5.41) is 0. The molecule has 1 saturated carbocycles. The Hall–Kier alpha value is -2.43. The van der Waals surface area contributed by atoms with Crippen LogP contribution in [0.15, 0.2) is 35.4 Å². The zero-order chi connectivity index (χ0) is 17.2. The minimum Gasteiger partial charge on any atom is -0.334 e. The van der Waals surface area contributed by atoms with Gasteiger partial charge in [-0.25, -0.2) is 4.98 Å². The molecule has 0 unspecified atom stereocenters. The first-order valence-corrected chi connectivity index (χ1v) is 9.17. The molecule has 0 radical (unpaired) electrons. The van der Waals surface area contributed by atoms with E-state index in [9.17, 15) is 9.59 Å². The van der Waals surface area contributed by atoms with E-state index >= 15 is 0 Å². The average molecular weight is 337 g/mol. The zero-order valence-electron chi connectivity index (χ0n) is 14.3. The van der Waals surface area contributed by atoms with E-state index < -0.39 is 0 Å². The molecule has 0 bridgehead atoms. The molecule has 1 fully saturated rings. The van der Waals surface area contributed by atoms with Gasteiger partial charge in [-0.15, -0.1) is 0 Å². The van der Waals surface area contributed by atoms with Crippen LogP contribution in [0.1, 0.15) is 65.2 Å². The lowest BCUT2D eigenvalue weighted by molar-refractivity contribution is 0.0732. The van der Waals surface area contributed by atoms with Gasteiger partial charge in [0.25, 0.3) is 11.5 Å². The highest BCUT2D eigenvalue weighted by Crippen LogP contribution is 2.32. The molecular formula is C20H23N3O2. The third-order valence-corrected chi connectivity index (χ3v) is 5.53. The summed E-state index contributed by atoms with van der Waals surface area (Å²) in [6.07, 6.45) is 8.53. The number of benzene rings is 1. The van der Waals surface area contributed by atoms with Crippen LogP contribution in [-0.2, 0) is 13.0 Å². The number of amides is 1. The summed E-state index contributed by atoms with van der Waals surface area (Å²) in [6.45, 7) is 0.939. The second-order valence-electron chi connectivity index (χ2n) is 7.09. The second kappa shape index (κ2) is 6.82. The first-order valence-electron chi connectivity index (χ1n) is 9.17. The van der Waals surface area contributed by atoms with E-state index in [4.69, 9.17) is 0 Å². The van der Waals surface area contributed by atoms with E-state index in [0.717, 1.165) is 5.69 Å². The fourth-order valence-electron chi connectivity index (χ4n) is 4.04. The largest absolute Gasteiger partial charge is 0.334 e. The van der Waals surface area contributed by atoms with Crippen LogP contribution < -0.4 is 5.56 Å². The molecule has 0 saturated heterocycles. The van der Waals surface area contributed by atoms with Crippen molar-refractivity contribution in [1.29, 1.82) is 0 Å². The molecule has 5 nitrogen and oxygen atoms in total. The Morgan fingerprint density at radius 2 is 1.88 bits per heavy atom. The molecule has 1 aliphatic heterocycles. The van der Waals surface area contributed by atoms with Gasteiger partial charge >= 0.3 is 0 Å². The Labute approximate surface area is 147 Å². The van der Waals surface area contributed by atoms with Gasteiger partial charge in [0, 0.05) is 18.5 Å². The number of aromatic nitrogens is 2. The van der Waals surface area contributed by atoms with E-state index in [2.05, 4.69) is 22.1 Å². The highest BCUT2D eigenvalue weighted by atomic mass is 16.2. The van der Waals surface area contributed by atoms with Crippen LogP contribution in [0.25, 0.3) is 0 Å². The Bertz CT molecular complexity index is 820. The minimum absolute atomic E-state index is 0.0101. The molecule has 5 heteroatoms. The number of nitrogens with zero attached hydrogens (tertiary/aromatic N) is 2. The van der Waals surface area contributed by atoms with Gasteiger partial charge in [0.05, 0.1) is 24.1 Å². The molecule has 25 heavy (non-hydrogen) atoms. The van der Waals surface area contributed by atoms with E-state index in [0.29, 0.717) is 36.6 Å². The number of carbonyl (C=O) groups excluding carboxylic acids is 1. The van der Waals surface area contributed by atoms with Crippen molar-refractivity contribution in [3.8, 4) is 0 Å². The summed E-state index contributed by atoms with van der Waals surface area (Å²) in [7, 11) is 0. The topological polar surface area (TPSA) is 66.1 Å². The molecule has 1 aromatic carbocycles. The van der Waals surface area contributed by atoms with Crippen molar-refractivity contribution in [2.75, 3.05) is 6.54 Å². The summed E-state index contributed by atoms with van der Waals surface area (Å²) < 4.78 is 0. The molecular weight excluding hydrogens is 314 g/mol. The molecule has 2 aromatic rings. The van der Waals surface area contributed by atoms with Crippen molar-refractivity contribution in [1.82, 2.24) is 14.9 Å². The molecule has 2 heterocycles. The monoisotopic (exact) mass is 337 g/mol. The highest BCUT2D eigenvalue weighted by molar-refractivity contribution is 5.94. The van der Waals surface area contributed by atoms with Gasteiger partial charge in [-0.1, -0.05) is 31.4 Å². The molecule has 2 aliphatic rings. The number of hydrogen-bond acceptors (Lipinski definition) is 3. The highest BCUT2D eigenvalue weighted by Gasteiger charge is 2.24. The van der Waals surface area contributed by atoms with E-state index in [1.54, 1.807) is 4.90 Å². The molecule has 1 aliphatic carbocycles. The Morgan fingerprint density at radius 3 is 2.64 bits per heavy atom. The fraction of sp³-hybridized carbons (Fsp3) is 0.450. The maximum atomic E-state index is 12.8. The zero-order valence-corrected chi connectivity index (χ0v) is 14.3. The lowest BCUT2D eigenvalue weighted by Gasteiger charge is -2.28. The lowest BCUT2D eigenvalue weighted by atomic mass is 9.84. The number of H-pyrrole nitrogens is 1. The van der Waals surface area contributed by atoms with Gasteiger partial charge in [0.15, 0.2) is 0 Å². The standard InChI is InChI=1S/C20H23N3O2/c24-19-17-12-23(11-10-18(17)21-13-22-19)20(25)16-8-6-15(7-9-16)14-4-2-1-3-5-14/h6-9,13-14H,1-5,10-12H2,(H,21,22,24). The third-order valence-electron chi connectivity index (χ3n) is 5.53. The van der Waals surface area contributed by atoms with Crippen molar-refractivity contribution < 1.29 is 4.79 Å². The van der Waals surface area contributed by atoms with Gasteiger partial charge in [0.1, 0.15) is 0 Å². The van der Waals surface area contributed by atoms with Crippen molar-refractivity contribution in [3.05, 3.63) is 63.3 Å². The number of fused-ring (bicyclic) bond motifs is 1. The van der Waals surface area contributed by atoms with Crippen LogP contribution in [0.4, 0.5) is 0 Å². The first-order chi connectivity index (χ1) is 12.2. The number of hydrogen-bond donors (Lipinski definition) is 1. The van der Waals surface area contributed by atoms with Crippen LogP contribution in [0.5, 0.6) is 0 Å². The van der Waals surface area contributed by atoms with Gasteiger partial charge in [-0.2, -0.15) is 0 Å². The van der Waals surface area contributed by atoms with Crippen LogP contribution >= 0.6 is 0 Å². The third kappa shape index (κ3) is 3.23. The van der Waals surface area contributed by atoms with Crippen LogP contribution in [0.2, 0.25) is 0 Å². The number of rotatable bonds is 2. The maximum Gasteiger partial charge on any atom is 0.255 e. The summed E-state index contributed by atoms with van der Waals surface area (Å²) >= 11 is 0. The SMILES string of the molecule is O=C(c1ccc(C2CCCCC2)cc1)N1CCc2nc[nH]c(=O)c2C1. The molecule has 1 N–H and O–H groups in total. The molecule has 130 valence electrons. The van der Waals surface area contributed by atoms with Gasteiger partial charge in [-0.3, -0.25) is 9.59 Å². The molecule has 1 aromatic heterocycles. The van der Waals surface area contributed by atoms with E-state index in [1.807, 2.05) is 12.1 Å². The van der Waals surface area contributed by atoms with Crippen molar-refractivity contribution in [2.45, 2.75) is 51.0 Å². The van der Waals surface area contributed by atoms with Gasteiger partial charge in [0.2, 0.25) is 0 Å². The lowest BCUT2D eigenvalue weighted by Crippen LogP contribution is -2.39. The minimum atomic E-state index is -0.143. The fourth-order valence-corrected chi connectivity index (χ4v) is 4.04. The molecule has 0 spiro atoms. The summed E-state index contributed by atoms with van der Waals surface area (Å²) in [6, 6.07) is 8.09. The van der Waals surface area contributed by atoms with Gasteiger partial charge in [-0.05, 0) is 36.5 Å². The Kier molecular flexibility index (Phi) is 4.38. The molecule has 1 amide bonds. The van der Waals surface area contributed by atoms with Crippen LogP contribution in [0.3, 0.4) is 0 Å². The predicted octanol–water partition coefficient (Wildman–Crippen LogP) is 3.02. The number of nitrogens with one attached hydrogen (secondary N) is 1. The first kappa shape index (κ1) is 16.1. The van der Waals surface area contributed by atoms with Crippen molar-refractivity contribution >= 4 is 5.91 Å². The maximum absolute atomic E-state index is 12.8. The van der Waals surface area contributed by atoms with E-state index in [-0.39, 0.29) is 11.5 Å². The Balaban J connectivity index is 1.49. The van der Waals surface area contributed by atoms with Crippen LogP contribution in [0, 0.1) is 0 Å². The quantitative estimate of drug-likeness (QED) is 0.916. The predicted molar refractivity (Wildman–Crippen MR) is 95.6 cm³/mol. The van der Waals surface area contributed by atoms with Gasteiger partial charge < -0.3 is 9.88 Å². The van der Waals surface area contributed by atoms with Crippen LogP contribution in [-0.4, -0.2) is 27.3 Å².